The number of halogens is 1. The molecule has 1 aromatic carbocycles. The van der Waals surface area contributed by atoms with E-state index in [1.165, 1.54) is 6.20 Å². The fourth-order valence-corrected chi connectivity index (χ4v) is 1.92. The number of hydrogen-bond acceptors (Lipinski definition) is 3. The molecule has 22 heavy (non-hydrogen) atoms. The molecule has 0 saturated carbocycles. The molecule has 2 rings (SSSR count). The number of amides is 1. The Morgan fingerprint density at radius 2 is 1.82 bits per heavy atom. The molecule has 1 unspecified atom stereocenters. The number of ether oxygens (including phenoxy) is 1. The van der Waals surface area contributed by atoms with Crippen molar-refractivity contribution in [2.75, 3.05) is 0 Å². The first-order valence-electron chi connectivity index (χ1n) is 7.16. The highest BCUT2D eigenvalue weighted by Crippen LogP contribution is 2.21. The van der Waals surface area contributed by atoms with Crippen LogP contribution in [0.25, 0.3) is 0 Å². The second kappa shape index (κ2) is 7.40. The van der Waals surface area contributed by atoms with Crippen LogP contribution in [0.15, 0.2) is 47.1 Å². The predicted octanol–water partition coefficient (Wildman–Crippen LogP) is 4.41. The van der Waals surface area contributed by atoms with E-state index in [4.69, 9.17) is 4.74 Å². The highest BCUT2D eigenvalue weighted by atomic mass is 79.9. The Hall–Kier alpha value is -1.88. The Balaban J connectivity index is 2.00. The molecule has 1 amide bonds. The van der Waals surface area contributed by atoms with Gasteiger partial charge in [-0.15, -0.1) is 0 Å². The molecular formula is C17H19BrN2O2. The lowest BCUT2D eigenvalue weighted by Gasteiger charge is -2.17. The molecule has 0 bridgehead atoms. The molecule has 0 saturated heterocycles. The van der Waals surface area contributed by atoms with Gasteiger partial charge in [-0.1, -0.05) is 29.8 Å². The van der Waals surface area contributed by atoms with Crippen LogP contribution in [0.3, 0.4) is 0 Å². The van der Waals surface area contributed by atoms with Crippen LogP contribution in [-0.2, 0) is 0 Å². The minimum absolute atomic E-state index is 0.117. The summed E-state index contributed by atoms with van der Waals surface area (Å²) < 4.78 is 6.61. The number of nitrogens with zero attached hydrogens (tertiary/aromatic N) is 1. The molecule has 0 spiro atoms. The zero-order valence-electron chi connectivity index (χ0n) is 12.8. The van der Waals surface area contributed by atoms with Crippen LogP contribution < -0.4 is 10.1 Å². The molecule has 0 aliphatic carbocycles. The maximum Gasteiger partial charge on any atom is 0.253 e. The Morgan fingerprint density at radius 3 is 2.36 bits per heavy atom. The van der Waals surface area contributed by atoms with E-state index in [1.807, 2.05) is 31.2 Å². The first kappa shape index (κ1) is 16.5. The second-order valence-electron chi connectivity index (χ2n) is 5.45. The maximum absolute atomic E-state index is 12.1. The first-order valence-corrected chi connectivity index (χ1v) is 7.95. The van der Waals surface area contributed by atoms with Crippen LogP contribution in [0.4, 0.5) is 0 Å². The molecule has 1 atom stereocenters. The van der Waals surface area contributed by atoms with Crippen LogP contribution in [0.1, 0.15) is 31.1 Å². The summed E-state index contributed by atoms with van der Waals surface area (Å²) >= 11 is 3.37. The highest BCUT2D eigenvalue weighted by Gasteiger charge is 2.13. The lowest BCUT2D eigenvalue weighted by atomic mass is 10.1. The van der Waals surface area contributed by atoms with Crippen LogP contribution in [0, 0.1) is 5.92 Å². The van der Waals surface area contributed by atoms with Crippen molar-refractivity contribution < 1.29 is 9.53 Å². The largest absolute Gasteiger partial charge is 0.439 e. The number of rotatable bonds is 5. The van der Waals surface area contributed by atoms with E-state index >= 15 is 0 Å². The van der Waals surface area contributed by atoms with E-state index in [9.17, 15) is 4.79 Å². The van der Waals surface area contributed by atoms with Gasteiger partial charge in [0.1, 0.15) is 5.75 Å². The number of carbonyl (C=O) groups excluding carboxylic acids is 1. The molecular weight excluding hydrogens is 344 g/mol. The van der Waals surface area contributed by atoms with Crippen LogP contribution in [0.5, 0.6) is 11.6 Å². The normalized spacial score (nSPS) is 12.0. The van der Waals surface area contributed by atoms with Gasteiger partial charge in [-0.05, 0) is 43.2 Å². The van der Waals surface area contributed by atoms with Gasteiger partial charge in [0, 0.05) is 22.8 Å². The summed E-state index contributed by atoms with van der Waals surface area (Å²) in [5.41, 5.74) is 0.524. The van der Waals surface area contributed by atoms with E-state index in [1.54, 1.807) is 12.1 Å². The third kappa shape index (κ3) is 4.56. The molecule has 0 aliphatic rings. The number of hydrogen-bond donors (Lipinski definition) is 1. The van der Waals surface area contributed by atoms with Crippen molar-refractivity contribution >= 4 is 21.8 Å². The summed E-state index contributed by atoms with van der Waals surface area (Å²) in [7, 11) is 0. The van der Waals surface area contributed by atoms with Crippen molar-refractivity contribution in [3.8, 4) is 11.6 Å². The van der Waals surface area contributed by atoms with Crippen molar-refractivity contribution in [2.45, 2.75) is 26.8 Å². The standard InChI is InChI=1S/C17H19BrN2O2/c1-11(2)12(3)20-17(21)13-4-9-16(19-10-13)22-15-7-5-14(18)6-8-15/h4-12H,1-3H3,(H,20,21). The highest BCUT2D eigenvalue weighted by molar-refractivity contribution is 9.10. The number of nitrogens with one attached hydrogen (secondary N) is 1. The van der Waals surface area contributed by atoms with Gasteiger partial charge in [0.05, 0.1) is 5.56 Å². The van der Waals surface area contributed by atoms with Crippen molar-refractivity contribution in [3.63, 3.8) is 0 Å². The summed E-state index contributed by atoms with van der Waals surface area (Å²) in [5, 5.41) is 2.95. The zero-order valence-corrected chi connectivity index (χ0v) is 14.4. The van der Waals surface area contributed by atoms with Crippen LogP contribution in [0.2, 0.25) is 0 Å². The van der Waals surface area contributed by atoms with Gasteiger partial charge in [0.25, 0.3) is 5.91 Å². The Labute approximate surface area is 139 Å². The minimum atomic E-state index is -0.121. The average molecular weight is 363 g/mol. The second-order valence-corrected chi connectivity index (χ2v) is 6.36. The van der Waals surface area contributed by atoms with E-state index in [0.29, 0.717) is 23.1 Å². The monoisotopic (exact) mass is 362 g/mol. The van der Waals surface area contributed by atoms with Crippen molar-refractivity contribution in [1.82, 2.24) is 10.3 Å². The summed E-state index contributed by atoms with van der Waals surface area (Å²) in [6, 6.07) is 11.0. The number of carbonyl (C=O) groups is 1. The van der Waals surface area contributed by atoms with Gasteiger partial charge in [-0.2, -0.15) is 0 Å². The number of pyridine rings is 1. The summed E-state index contributed by atoms with van der Waals surface area (Å²) in [5.74, 6) is 1.41. The van der Waals surface area contributed by atoms with E-state index in [-0.39, 0.29) is 11.9 Å². The fraction of sp³-hybridized carbons (Fsp3) is 0.294. The number of aromatic nitrogens is 1. The molecule has 4 nitrogen and oxygen atoms in total. The SMILES string of the molecule is CC(C)C(C)NC(=O)c1ccc(Oc2ccc(Br)cc2)nc1. The van der Waals surface area contributed by atoms with Gasteiger partial charge in [0.2, 0.25) is 5.88 Å². The molecule has 2 aromatic rings. The van der Waals surface area contributed by atoms with E-state index in [0.717, 1.165) is 4.47 Å². The Morgan fingerprint density at radius 1 is 1.14 bits per heavy atom. The van der Waals surface area contributed by atoms with Crippen molar-refractivity contribution in [1.29, 1.82) is 0 Å². The molecule has 0 radical (unpaired) electrons. The fourth-order valence-electron chi connectivity index (χ4n) is 1.66. The molecule has 5 heteroatoms. The zero-order chi connectivity index (χ0) is 16.1. The quantitative estimate of drug-likeness (QED) is 0.856. The van der Waals surface area contributed by atoms with Crippen molar-refractivity contribution in [2.24, 2.45) is 5.92 Å². The molecule has 116 valence electrons. The van der Waals surface area contributed by atoms with Crippen LogP contribution in [-0.4, -0.2) is 16.9 Å². The van der Waals surface area contributed by atoms with Crippen LogP contribution >= 0.6 is 15.9 Å². The smallest absolute Gasteiger partial charge is 0.253 e. The maximum atomic E-state index is 12.1. The Kier molecular flexibility index (Phi) is 5.55. The van der Waals surface area contributed by atoms with Gasteiger partial charge in [-0.25, -0.2) is 4.98 Å². The van der Waals surface area contributed by atoms with Gasteiger partial charge in [0.15, 0.2) is 0 Å². The molecule has 1 N–H and O–H groups in total. The van der Waals surface area contributed by atoms with Gasteiger partial charge >= 0.3 is 0 Å². The summed E-state index contributed by atoms with van der Waals surface area (Å²) in [6.07, 6.45) is 1.52. The third-order valence-corrected chi connectivity index (χ3v) is 3.92. The Bertz CT molecular complexity index is 624. The first-order chi connectivity index (χ1) is 10.5. The minimum Gasteiger partial charge on any atom is -0.439 e. The molecule has 0 aliphatic heterocycles. The average Bonchev–Trinajstić information content (AvgIpc) is 2.50. The molecule has 1 aromatic heterocycles. The predicted molar refractivity (Wildman–Crippen MR) is 90.2 cm³/mol. The van der Waals surface area contributed by atoms with E-state index in [2.05, 4.69) is 40.1 Å². The molecule has 1 heterocycles. The molecule has 0 fully saturated rings. The lowest BCUT2D eigenvalue weighted by molar-refractivity contribution is 0.0930. The van der Waals surface area contributed by atoms with Gasteiger partial charge < -0.3 is 10.1 Å². The van der Waals surface area contributed by atoms with Crippen molar-refractivity contribution in [3.05, 3.63) is 52.6 Å². The third-order valence-electron chi connectivity index (χ3n) is 3.39. The number of benzene rings is 1. The topological polar surface area (TPSA) is 51.2 Å². The van der Waals surface area contributed by atoms with Gasteiger partial charge in [-0.3, -0.25) is 4.79 Å². The lowest BCUT2D eigenvalue weighted by Crippen LogP contribution is -2.36. The van der Waals surface area contributed by atoms with E-state index < -0.39 is 0 Å². The summed E-state index contributed by atoms with van der Waals surface area (Å²) in [4.78, 5) is 16.2. The summed E-state index contributed by atoms with van der Waals surface area (Å²) in [6.45, 7) is 6.12.